The number of hydrogen-bond acceptors (Lipinski definition) is 3. The number of amides is 2. The molecule has 0 rings (SSSR count). The van der Waals surface area contributed by atoms with Crippen LogP contribution >= 0.6 is 0 Å². The van der Waals surface area contributed by atoms with Gasteiger partial charge in [0.15, 0.2) is 0 Å². The minimum atomic E-state index is -0.888. The first-order chi connectivity index (χ1) is 9.74. The van der Waals surface area contributed by atoms with E-state index in [-0.39, 0.29) is 24.5 Å². The number of carboxylic acids is 1. The van der Waals surface area contributed by atoms with Crippen molar-refractivity contribution in [3.63, 3.8) is 0 Å². The molecule has 0 aromatic carbocycles. The van der Waals surface area contributed by atoms with E-state index in [1.807, 2.05) is 25.9 Å². The highest BCUT2D eigenvalue weighted by atomic mass is 16.4. The highest BCUT2D eigenvalue weighted by Crippen LogP contribution is 2.06. The molecule has 0 spiro atoms. The Labute approximate surface area is 128 Å². The van der Waals surface area contributed by atoms with Gasteiger partial charge in [-0.05, 0) is 32.9 Å². The molecule has 2 amide bonds. The van der Waals surface area contributed by atoms with Crippen molar-refractivity contribution in [3.8, 4) is 0 Å². The van der Waals surface area contributed by atoms with Crippen LogP contribution in [0.5, 0.6) is 0 Å². The summed E-state index contributed by atoms with van der Waals surface area (Å²) in [6, 6.07) is -0.527. The fourth-order valence-corrected chi connectivity index (χ4v) is 2.39. The predicted octanol–water partition coefficient (Wildman–Crippen LogP) is 1.91. The molecule has 0 aromatic heterocycles. The van der Waals surface area contributed by atoms with Crippen molar-refractivity contribution in [2.75, 3.05) is 20.6 Å². The summed E-state index contributed by atoms with van der Waals surface area (Å²) >= 11 is 0. The molecule has 0 aliphatic carbocycles. The number of carbonyl (C=O) groups excluding carboxylic acids is 1. The van der Waals surface area contributed by atoms with Gasteiger partial charge in [-0.1, -0.05) is 27.2 Å². The van der Waals surface area contributed by atoms with Crippen molar-refractivity contribution in [3.05, 3.63) is 0 Å². The molecule has 0 radical (unpaired) electrons. The normalized spacial score (nSPS) is 14.0. The van der Waals surface area contributed by atoms with Crippen LogP contribution in [-0.4, -0.2) is 54.7 Å². The molecule has 21 heavy (non-hydrogen) atoms. The van der Waals surface area contributed by atoms with E-state index in [1.54, 1.807) is 0 Å². The zero-order chi connectivity index (χ0) is 16.4. The largest absolute Gasteiger partial charge is 0.481 e. The lowest BCUT2D eigenvalue weighted by Gasteiger charge is -2.25. The first-order valence-electron chi connectivity index (χ1n) is 7.68. The highest BCUT2D eigenvalue weighted by molar-refractivity contribution is 5.76. The van der Waals surface area contributed by atoms with Gasteiger partial charge in [0, 0.05) is 18.6 Å². The van der Waals surface area contributed by atoms with Crippen molar-refractivity contribution >= 4 is 12.0 Å². The molecule has 0 bridgehead atoms. The van der Waals surface area contributed by atoms with Crippen LogP contribution in [0.15, 0.2) is 0 Å². The quantitative estimate of drug-likeness (QED) is 0.575. The maximum absolute atomic E-state index is 12.0. The SMILES string of the molecule is CCCC(CC(=O)O)NC(=O)NC(CC(C)C)CN(C)C. The summed E-state index contributed by atoms with van der Waals surface area (Å²) < 4.78 is 0. The number of urea groups is 1. The molecular weight excluding hydrogens is 270 g/mol. The van der Waals surface area contributed by atoms with Gasteiger partial charge in [-0.25, -0.2) is 4.79 Å². The number of hydrogen-bond donors (Lipinski definition) is 3. The molecule has 0 heterocycles. The third-order valence-corrected chi connectivity index (χ3v) is 3.07. The van der Waals surface area contributed by atoms with Crippen LogP contribution in [0.2, 0.25) is 0 Å². The van der Waals surface area contributed by atoms with Crippen LogP contribution in [0, 0.1) is 5.92 Å². The van der Waals surface area contributed by atoms with Gasteiger partial charge in [0.25, 0.3) is 0 Å². The number of nitrogens with zero attached hydrogens (tertiary/aromatic N) is 1. The Kier molecular flexibility index (Phi) is 9.78. The molecule has 2 atom stereocenters. The summed E-state index contributed by atoms with van der Waals surface area (Å²) in [4.78, 5) is 24.9. The van der Waals surface area contributed by atoms with E-state index >= 15 is 0 Å². The van der Waals surface area contributed by atoms with Gasteiger partial charge < -0.3 is 20.6 Å². The predicted molar refractivity (Wildman–Crippen MR) is 84.4 cm³/mol. The minimum absolute atomic E-state index is 0.0379. The lowest BCUT2D eigenvalue weighted by atomic mass is 10.0. The van der Waals surface area contributed by atoms with E-state index in [4.69, 9.17) is 5.11 Å². The maximum atomic E-state index is 12.0. The molecule has 3 N–H and O–H groups in total. The van der Waals surface area contributed by atoms with E-state index in [9.17, 15) is 9.59 Å². The van der Waals surface area contributed by atoms with Crippen molar-refractivity contribution in [2.24, 2.45) is 5.92 Å². The van der Waals surface area contributed by atoms with E-state index in [2.05, 4.69) is 24.5 Å². The molecule has 0 aromatic rings. The molecule has 0 saturated heterocycles. The molecule has 0 aliphatic rings. The molecule has 0 fully saturated rings. The monoisotopic (exact) mass is 301 g/mol. The molecule has 0 aliphatic heterocycles. The highest BCUT2D eigenvalue weighted by Gasteiger charge is 2.18. The van der Waals surface area contributed by atoms with Crippen molar-refractivity contribution < 1.29 is 14.7 Å². The van der Waals surface area contributed by atoms with E-state index in [1.165, 1.54) is 0 Å². The van der Waals surface area contributed by atoms with Gasteiger partial charge in [-0.3, -0.25) is 4.79 Å². The summed E-state index contributed by atoms with van der Waals surface area (Å²) in [5, 5.41) is 14.6. The van der Waals surface area contributed by atoms with Crippen LogP contribution in [0.3, 0.4) is 0 Å². The van der Waals surface area contributed by atoms with Gasteiger partial charge >= 0.3 is 12.0 Å². The molecule has 6 nitrogen and oxygen atoms in total. The second kappa shape index (κ2) is 10.4. The fourth-order valence-electron chi connectivity index (χ4n) is 2.39. The Morgan fingerprint density at radius 3 is 2.14 bits per heavy atom. The van der Waals surface area contributed by atoms with Gasteiger partial charge in [-0.2, -0.15) is 0 Å². The number of carboxylic acid groups (broad SMARTS) is 1. The minimum Gasteiger partial charge on any atom is -0.481 e. The molecule has 124 valence electrons. The van der Waals surface area contributed by atoms with Crippen molar-refractivity contribution in [1.29, 1.82) is 0 Å². The van der Waals surface area contributed by atoms with E-state index < -0.39 is 5.97 Å². The summed E-state index contributed by atoms with van der Waals surface area (Å²) in [5.74, 6) is -0.401. The zero-order valence-corrected chi connectivity index (χ0v) is 14.0. The average molecular weight is 301 g/mol. The Morgan fingerprint density at radius 1 is 1.14 bits per heavy atom. The first-order valence-corrected chi connectivity index (χ1v) is 7.68. The number of nitrogens with one attached hydrogen (secondary N) is 2. The third-order valence-electron chi connectivity index (χ3n) is 3.07. The van der Waals surface area contributed by atoms with Crippen LogP contribution < -0.4 is 10.6 Å². The second-order valence-corrected chi connectivity index (χ2v) is 6.29. The van der Waals surface area contributed by atoms with E-state index in [0.29, 0.717) is 12.3 Å². The third kappa shape index (κ3) is 11.1. The Bertz CT molecular complexity index is 309. The van der Waals surface area contributed by atoms with Crippen LogP contribution in [0.1, 0.15) is 46.5 Å². The van der Waals surface area contributed by atoms with Gasteiger partial charge in [0.05, 0.1) is 6.42 Å². The van der Waals surface area contributed by atoms with Crippen LogP contribution in [-0.2, 0) is 4.79 Å². The molecular formula is C15H31N3O3. The smallest absolute Gasteiger partial charge is 0.315 e. The maximum Gasteiger partial charge on any atom is 0.315 e. The Morgan fingerprint density at radius 2 is 1.71 bits per heavy atom. The Hall–Kier alpha value is -1.30. The molecule has 0 saturated carbocycles. The molecule has 2 unspecified atom stereocenters. The summed E-state index contributed by atoms with van der Waals surface area (Å²) in [6.07, 6.45) is 2.36. The summed E-state index contributed by atoms with van der Waals surface area (Å²) in [6.45, 7) is 6.98. The van der Waals surface area contributed by atoms with Crippen LogP contribution in [0.25, 0.3) is 0 Å². The van der Waals surface area contributed by atoms with Gasteiger partial charge in [0.1, 0.15) is 0 Å². The standard InChI is InChI=1S/C15H31N3O3/c1-6-7-12(9-14(19)20)16-15(21)17-13(8-11(2)3)10-18(4)5/h11-13H,6-10H2,1-5H3,(H,19,20)(H2,16,17,21). The molecule has 6 heteroatoms. The summed E-state index contributed by atoms with van der Waals surface area (Å²) in [5.41, 5.74) is 0. The van der Waals surface area contributed by atoms with Crippen molar-refractivity contribution in [1.82, 2.24) is 15.5 Å². The zero-order valence-electron chi connectivity index (χ0n) is 14.0. The van der Waals surface area contributed by atoms with Gasteiger partial charge in [0.2, 0.25) is 0 Å². The number of likely N-dealkylation sites (N-methyl/N-ethyl adjacent to an activating group) is 1. The average Bonchev–Trinajstić information content (AvgIpc) is 2.25. The first kappa shape index (κ1) is 19.7. The van der Waals surface area contributed by atoms with Crippen LogP contribution in [0.4, 0.5) is 4.79 Å². The fraction of sp³-hybridized carbons (Fsp3) is 0.867. The topological polar surface area (TPSA) is 81.7 Å². The number of rotatable bonds is 10. The summed E-state index contributed by atoms with van der Waals surface area (Å²) in [7, 11) is 3.94. The second-order valence-electron chi connectivity index (χ2n) is 6.29. The lowest BCUT2D eigenvalue weighted by molar-refractivity contribution is -0.137. The van der Waals surface area contributed by atoms with Gasteiger partial charge in [-0.15, -0.1) is 0 Å². The van der Waals surface area contributed by atoms with Crippen molar-refractivity contribution in [2.45, 2.75) is 58.5 Å². The lowest BCUT2D eigenvalue weighted by Crippen LogP contribution is -2.50. The number of carbonyl (C=O) groups is 2. The number of aliphatic carboxylic acids is 1. The van der Waals surface area contributed by atoms with E-state index in [0.717, 1.165) is 19.4 Å². The Balaban J connectivity index is 4.46.